The monoisotopic (exact) mass is 260 g/mol. The SMILES string of the molecule is CCC(C)c1ccc(OC2CCCCC2CC)cc1. The van der Waals surface area contributed by atoms with E-state index in [1.807, 2.05) is 0 Å². The second-order valence-corrected chi connectivity index (χ2v) is 5.99. The molecule has 0 radical (unpaired) electrons. The molecule has 1 heteroatoms. The molecule has 0 heterocycles. The second-order valence-electron chi connectivity index (χ2n) is 5.99. The highest BCUT2D eigenvalue weighted by Gasteiger charge is 2.25. The van der Waals surface area contributed by atoms with E-state index in [-0.39, 0.29) is 0 Å². The molecule has 0 bridgehead atoms. The van der Waals surface area contributed by atoms with Gasteiger partial charge in [0.2, 0.25) is 0 Å². The molecule has 0 aliphatic heterocycles. The maximum atomic E-state index is 6.23. The molecule has 0 saturated heterocycles. The largest absolute Gasteiger partial charge is 0.490 e. The molecule has 0 amide bonds. The van der Waals surface area contributed by atoms with Crippen molar-refractivity contribution in [1.29, 1.82) is 0 Å². The van der Waals surface area contributed by atoms with E-state index >= 15 is 0 Å². The van der Waals surface area contributed by atoms with Gasteiger partial charge in [0.05, 0.1) is 0 Å². The van der Waals surface area contributed by atoms with E-state index in [2.05, 4.69) is 45.0 Å². The maximum Gasteiger partial charge on any atom is 0.119 e. The van der Waals surface area contributed by atoms with E-state index in [0.29, 0.717) is 12.0 Å². The van der Waals surface area contributed by atoms with Crippen molar-refractivity contribution in [3.63, 3.8) is 0 Å². The van der Waals surface area contributed by atoms with Gasteiger partial charge in [-0.05, 0) is 61.6 Å². The van der Waals surface area contributed by atoms with Gasteiger partial charge in [-0.3, -0.25) is 0 Å². The van der Waals surface area contributed by atoms with E-state index in [1.165, 1.54) is 44.1 Å². The highest BCUT2D eigenvalue weighted by molar-refractivity contribution is 5.29. The van der Waals surface area contributed by atoms with Crippen molar-refractivity contribution in [2.75, 3.05) is 0 Å². The van der Waals surface area contributed by atoms with Gasteiger partial charge in [0.15, 0.2) is 0 Å². The molecule has 1 aromatic carbocycles. The van der Waals surface area contributed by atoms with Crippen molar-refractivity contribution in [3.8, 4) is 5.75 Å². The molecule has 0 spiro atoms. The summed E-state index contributed by atoms with van der Waals surface area (Å²) in [5.41, 5.74) is 1.42. The number of rotatable bonds is 5. The zero-order valence-corrected chi connectivity index (χ0v) is 12.7. The Balaban J connectivity index is 1.98. The van der Waals surface area contributed by atoms with E-state index < -0.39 is 0 Å². The Morgan fingerprint density at radius 2 is 1.79 bits per heavy atom. The Morgan fingerprint density at radius 3 is 2.42 bits per heavy atom. The summed E-state index contributed by atoms with van der Waals surface area (Å²) in [6.45, 7) is 6.81. The predicted molar refractivity (Wildman–Crippen MR) is 81.8 cm³/mol. The summed E-state index contributed by atoms with van der Waals surface area (Å²) in [6.07, 6.45) is 8.15. The molecular formula is C18H28O. The molecule has 3 atom stereocenters. The Labute approximate surface area is 118 Å². The molecule has 19 heavy (non-hydrogen) atoms. The molecule has 106 valence electrons. The quantitative estimate of drug-likeness (QED) is 0.674. The van der Waals surface area contributed by atoms with Crippen LogP contribution in [0.15, 0.2) is 24.3 Å². The highest BCUT2D eigenvalue weighted by Crippen LogP contribution is 2.31. The number of benzene rings is 1. The van der Waals surface area contributed by atoms with Crippen LogP contribution in [0, 0.1) is 5.92 Å². The van der Waals surface area contributed by atoms with E-state index in [4.69, 9.17) is 4.74 Å². The molecule has 1 fully saturated rings. The van der Waals surface area contributed by atoms with Crippen LogP contribution in [0.1, 0.15) is 70.8 Å². The van der Waals surface area contributed by atoms with Gasteiger partial charge < -0.3 is 4.74 Å². The van der Waals surface area contributed by atoms with Crippen LogP contribution in [0.4, 0.5) is 0 Å². The maximum absolute atomic E-state index is 6.23. The van der Waals surface area contributed by atoms with Crippen LogP contribution in [0.2, 0.25) is 0 Å². The summed E-state index contributed by atoms with van der Waals surface area (Å²) in [6, 6.07) is 8.77. The van der Waals surface area contributed by atoms with Crippen LogP contribution in [-0.4, -0.2) is 6.10 Å². The van der Waals surface area contributed by atoms with Crippen LogP contribution in [0.3, 0.4) is 0 Å². The third kappa shape index (κ3) is 3.75. The predicted octanol–water partition coefficient (Wildman–Crippen LogP) is 5.55. The van der Waals surface area contributed by atoms with Crippen molar-refractivity contribution in [2.24, 2.45) is 5.92 Å². The van der Waals surface area contributed by atoms with Gasteiger partial charge in [-0.25, -0.2) is 0 Å². The average molecular weight is 260 g/mol. The van der Waals surface area contributed by atoms with Crippen LogP contribution in [0.5, 0.6) is 5.75 Å². The first-order valence-corrected chi connectivity index (χ1v) is 8.01. The number of hydrogen-bond donors (Lipinski definition) is 0. The molecule has 0 N–H and O–H groups in total. The molecule has 3 unspecified atom stereocenters. The fourth-order valence-electron chi connectivity index (χ4n) is 3.08. The molecular weight excluding hydrogens is 232 g/mol. The van der Waals surface area contributed by atoms with Crippen molar-refractivity contribution in [2.45, 2.75) is 71.3 Å². The lowest BCUT2D eigenvalue weighted by Crippen LogP contribution is -2.29. The van der Waals surface area contributed by atoms with E-state index in [9.17, 15) is 0 Å². The fraction of sp³-hybridized carbons (Fsp3) is 0.667. The van der Waals surface area contributed by atoms with Crippen molar-refractivity contribution < 1.29 is 4.74 Å². The fourth-order valence-corrected chi connectivity index (χ4v) is 3.08. The average Bonchev–Trinajstić information content (AvgIpc) is 2.48. The van der Waals surface area contributed by atoms with Gasteiger partial charge in [0, 0.05) is 0 Å². The van der Waals surface area contributed by atoms with Crippen molar-refractivity contribution in [3.05, 3.63) is 29.8 Å². The summed E-state index contributed by atoms with van der Waals surface area (Å²) < 4.78 is 6.23. The molecule has 2 rings (SSSR count). The first kappa shape index (κ1) is 14.4. The molecule has 1 aliphatic rings. The van der Waals surface area contributed by atoms with E-state index in [0.717, 1.165) is 11.7 Å². The topological polar surface area (TPSA) is 9.23 Å². The zero-order chi connectivity index (χ0) is 13.7. The van der Waals surface area contributed by atoms with Crippen LogP contribution < -0.4 is 4.74 Å². The van der Waals surface area contributed by atoms with Gasteiger partial charge in [0.1, 0.15) is 11.9 Å². The zero-order valence-electron chi connectivity index (χ0n) is 12.7. The third-order valence-corrected chi connectivity index (χ3v) is 4.71. The minimum atomic E-state index is 0.438. The lowest BCUT2D eigenvalue weighted by Gasteiger charge is -2.31. The lowest BCUT2D eigenvalue weighted by molar-refractivity contribution is 0.0904. The third-order valence-electron chi connectivity index (χ3n) is 4.71. The van der Waals surface area contributed by atoms with Gasteiger partial charge in [-0.2, -0.15) is 0 Å². The molecule has 1 saturated carbocycles. The van der Waals surface area contributed by atoms with Crippen LogP contribution in [-0.2, 0) is 0 Å². The minimum Gasteiger partial charge on any atom is -0.490 e. The Morgan fingerprint density at radius 1 is 1.11 bits per heavy atom. The molecule has 0 aromatic heterocycles. The number of hydrogen-bond acceptors (Lipinski definition) is 1. The first-order chi connectivity index (χ1) is 9.24. The summed E-state index contributed by atoms with van der Waals surface area (Å²) in [7, 11) is 0. The number of ether oxygens (including phenoxy) is 1. The summed E-state index contributed by atoms with van der Waals surface area (Å²) in [5, 5.41) is 0. The lowest BCUT2D eigenvalue weighted by atomic mass is 9.85. The van der Waals surface area contributed by atoms with E-state index in [1.54, 1.807) is 0 Å². The Bertz CT molecular complexity index is 368. The van der Waals surface area contributed by atoms with Crippen molar-refractivity contribution in [1.82, 2.24) is 0 Å². The summed E-state index contributed by atoms with van der Waals surface area (Å²) in [5.74, 6) is 2.45. The standard InChI is InChI=1S/C18H28O/c1-4-14(3)16-10-12-17(13-11-16)19-18-9-7-6-8-15(18)5-2/h10-15,18H,4-9H2,1-3H3. The van der Waals surface area contributed by atoms with Gasteiger partial charge in [0.25, 0.3) is 0 Å². The van der Waals surface area contributed by atoms with Gasteiger partial charge >= 0.3 is 0 Å². The smallest absolute Gasteiger partial charge is 0.119 e. The summed E-state index contributed by atoms with van der Waals surface area (Å²) in [4.78, 5) is 0. The van der Waals surface area contributed by atoms with Gasteiger partial charge in [-0.1, -0.05) is 39.3 Å². The normalized spacial score (nSPS) is 25.0. The highest BCUT2D eigenvalue weighted by atomic mass is 16.5. The van der Waals surface area contributed by atoms with Crippen LogP contribution >= 0.6 is 0 Å². The second kappa shape index (κ2) is 6.98. The van der Waals surface area contributed by atoms with Crippen LogP contribution in [0.25, 0.3) is 0 Å². The first-order valence-electron chi connectivity index (χ1n) is 8.01. The van der Waals surface area contributed by atoms with Crippen molar-refractivity contribution >= 4 is 0 Å². The van der Waals surface area contributed by atoms with Gasteiger partial charge in [-0.15, -0.1) is 0 Å². The Hall–Kier alpha value is -0.980. The summed E-state index contributed by atoms with van der Waals surface area (Å²) >= 11 is 0. The Kier molecular flexibility index (Phi) is 5.30. The molecule has 1 aromatic rings. The molecule has 1 nitrogen and oxygen atoms in total. The molecule has 1 aliphatic carbocycles. The minimum absolute atomic E-state index is 0.438.